The molecule has 2 aromatic rings. The highest BCUT2D eigenvalue weighted by Gasteiger charge is 2.26. The number of hydrogen-bond donors (Lipinski definition) is 1. The molecule has 0 amide bonds. The minimum absolute atomic E-state index is 0.00367. The van der Waals surface area contributed by atoms with Crippen LogP contribution in [0.15, 0.2) is 43.4 Å². The van der Waals surface area contributed by atoms with Gasteiger partial charge in [0.25, 0.3) is 0 Å². The molecule has 1 aromatic carbocycles. The maximum atomic E-state index is 11.9. The SMILES string of the molecule is Cn1c(NN=Cc2ccc(Br)cc2)c([N+]#N)c(=O)n(C)c1=O. The maximum absolute atomic E-state index is 11.9. The molecule has 0 spiro atoms. The standard InChI is InChI=1S/C13H11BrN6O2/c1-19-11(10(17-15)12(21)20(2)13(19)22)18-16-7-8-3-5-9(14)6-4-8/h3-7H,1-2H3/p+1. The summed E-state index contributed by atoms with van der Waals surface area (Å²) in [5.74, 6) is 0.00367. The molecule has 0 aliphatic rings. The molecule has 1 aromatic heterocycles. The Labute approximate surface area is 133 Å². The normalized spacial score (nSPS) is 10.6. The molecule has 8 nitrogen and oxygen atoms in total. The van der Waals surface area contributed by atoms with Gasteiger partial charge in [-0.05, 0) is 17.7 Å². The third-order valence-corrected chi connectivity index (χ3v) is 3.52. The minimum atomic E-state index is -0.716. The van der Waals surface area contributed by atoms with Crippen molar-refractivity contribution < 1.29 is 0 Å². The predicted octanol–water partition coefficient (Wildman–Crippen LogP) is 1.78. The summed E-state index contributed by atoms with van der Waals surface area (Å²) in [5.41, 5.74) is 1.80. The molecule has 9 heteroatoms. The van der Waals surface area contributed by atoms with Gasteiger partial charge in [-0.2, -0.15) is 5.10 Å². The van der Waals surface area contributed by atoms with E-state index in [4.69, 9.17) is 5.39 Å². The molecule has 1 N–H and O–H groups in total. The number of hydrazone groups is 1. The second kappa shape index (κ2) is 6.36. The molecule has 0 atom stereocenters. The molecule has 0 radical (unpaired) electrons. The van der Waals surface area contributed by atoms with E-state index >= 15 is 0 Å². The highest BCUT2D eigenvalue weighted by molar-refractivity contribution is 9.10. The quantitative estimate of drug-likeness (QED) is 0.510. The van der Waals surface area contributed by atoms with Gasteiger partial charge in [-0.1, -0.05) is 28.1 Å². The Hall–Kier alpha value is -2.73. The molecular formula is C13H12BrN6O2+. The lowest BCUT2D eigenvalue weighted by atomic mass is 10.2. The van der Waals surface area contributed by atoms with Gasteiger partial charge in [0.05, 0.1) is 6.21 Å². The number of aromatic nitrogens is 2. The topological polar surface area (TPSA) is 96.5 Å². The van der Waals surface area contributed by atoms with E-state index < -0.39 is 11.2 Å². The lowest BCUT2D eigenvalue weighted by Gasteiger charge is -2.05. The fraction of sp³-hybridized carbons (Fsp3) is 0.154. The van der Waals surface area contributed by atoms with Crippen molar-refractivity contribution >= 4 is 33.6 Å². The Balaban J connectivity index is 2.38. The van der Waals surface area contributed by atoms with Crippen LogP contribution in [0.5, 0.6) is 0 Å². The Kier molecular flexibility index (Phi) is 4.53. The molecule has 0 fully saturated rings. The zero-order valence-corrected chi connectivity index (χ0v) is 13.4. The molecule has 1 heterocycles. The minimum Gasteiger partial charge on any atom is -0.275 e. The number of benzene rings is 1. The van der Waals surface area contributed by atoms with Gasteiger partial charge in [0.1, 0.15) is 0 Å². The van der Waals surface area contributed by atoms with Gasteiger partial charge in [0.2, 0.25) is 11.2 Å². The van der Waals surface area contributed by atoms with Crippen LogP contribution in [0.25, 0.3) is 4.98 Å². The van der Waals surface area contributed by atoms with Crippen molar-refractivity contribution in [2.45, 2.75) is 0 Å². The van der Waals surface area contributed by atoms with Crippen LogP contribution in [0.3, 0.4) is 0 Å². The molecule has 0 unspecified atom stereocenters. The van der Waals surface area contributed by atoms with Crippen molar-refractivity contribution in [1.82, 2.24) is 9.13 Å². The van der Waals surface area contributed by atoms with Gasteiger partial charge < -0.3 is 0 Å². The number of halogens is 1. The van der Waals surface area contributed by atoms with E-state index in [-0.39, 0.29) is 11.5 Å². The van der Waals surface area contributed by atoms with Crippen molar-refractivity contribution in [2.75, 3.05) is 5.43 Å². The largest absolute Gasteiger partial charge is 0.491 e. The summed E-state index contributed by atoms with van der Waals surface area (Å²) in [6.07, 6.45) is 1.51. The fourth-order valence-corrected chi connectivity index (χ4v) is 2.03. The summed E-state index contributed by atoms with van der Waals surface area (Å²) in [6.45, 7) is 0. The molecule has 0 saturated heterocycles. The number of nitrogens with one attached hydrogen (secondary N) is 1. The van der Waals surface area contributed by atoms with E-state index in [1.54, 1.807) is 0 Å². The van der Waals surface area contributed by atoms with Crippen molar-refractivity contribution in [2.24, 2.45) is 19.2 Å². The fourth-order valence-electron chi connectivity index (χ4n) is 1.76. The molecule has 0 aliphatic carbocycles. The van der Waals surface area contributed by atoms with Crippen LogP contribution in [-0.2, 0) is 14.1 Å². The molecule has 0 bridgehead atoms. The van der Waals surface area contributed by atoms with Gasteiger partial charge in [-0.15, -0.1) is 0 Å². The Bertz CT molecular complexity index is 889. The molecule has 2 rings (SSSR count). The predicted molar refractivity (Wildman–Crippen MR) is 87.0 cm³/mol. The van der Waals surface area contributed by atoms with E-state index in [0.717, 1.165) is 19.2 Å². The third-order valence-electron chi connectivity index (χ3n) is 2.99. The van der Waals surface area contributed by atoms with E-state index in [2.05, 4.69) is 31.4 Å². The first-order valence-corrected chi connectivity index (χ1v) is 6.94. The second-order valence-electron chi connectivity index (χ2n) is 4.42. The van der Waals surface area contributed by atoms with Gasteiger partial charge in [0.15, 0.2) is 4.98 Å². The number of hydrogen-bond acceptors (Lipinski definition) is 5. The molecular weight excluding hydrogens is 352 g/mol. The first-order chi connectivity index (χ1) is 10.5. The average molecular weight is 364 g/mol. The number of nitrogens with zero attached hydrogens (tertiary/aromatic N) is 5. The number of diazo groups is 1. The molecule has 22 heavy (non-hydrogen) atoms. The third kappa shape index (κ3) is 2.96. The van der Waals surface area contributed by atoms with Crippen LogP contribution in [-0.4, -0.2) is 15.3 Å². The average Bonchev–Trinajstić information content (AvgIpc) is 2.52. The number of rotatable bonds is 3. The summed E-state index contributed by atoms with van der Waals surface area (Å²) >= 11 is 3.33. The van der Waals surface area contributed by atoms with Crippen LogP contribution in [0, 0.1) is 5.39 Å². The maximum Gasteiger partial charge on any atom is 0.491 e. The highest BCUT2D eigenvalue weighted by atomic mass is 79.9. The lowest BCUT2D eigenvalue weighted by Crippen LogP contribution is -2.37. The second-order valence-corrected chi connectivity index (χ2v) is 5.34. The Morgan fingerprint density at radius 1 is 1.23 bits per heavy atom. The van der Waals surface area contributed by atoms with Crippen molar-refractivity contribution in [1.29, 1.82) is 5.39 Å². The van der Waals surface area contributed by atoms with Crippen LogP contribution < -0.4 is 16.7 Å². The van der Waals surface area contributed by atoms with Crippen molar-refractivity contribution in [3.63, 3.8) is 0 Å². The van der Waals surface area contributed by atoms with Crippen LogP contribution >= 0.6 is 15.9 Å². The smallest absolute Gasteiger partial charge is 0.275 e. The summed E-state index contributed by atoms with van der Waals surface area (Å²) in [4.78, 5) is 26.7. The van der Waals surface area contributed by atoms with Gasteiger partial charge in [-0.25, -0.2) is 4.79 Å². The van der Waals surface area contributed by atoms with Crippen LogP contribution in [0.4, 0.5) is 11.5 Å². The van der Waals surface area contributed by atoms with Gasteiger partial charge in [0, 0.05) is 18.6 Å². The first kappa shape index (κ1) is 15.7. The molecule has 112 valence electrons. The monoisotopic (exact) mass is 363 g/mol. The lowest BCUT2D eigenvalue weighted by molar-refractivity contribution is 0.694. The Morgan fingerprint density at radius 3 is 2.45 bits per heavy atom. The van der Waals surface area contributed by atoms with E-state index in [0.29, 0.717) is 0 Å². The van der Waals surface area contributed by atoms with Gasteiger partial charge in [-0.3, -0.25) is 19.4 Å². The zero-order valence-electron chi connectivity index (χ0n) is 11.8. The Morgan fingerprint density at radius 2 is 1.86 bits per heavy atom. The highest BCUT2D eigenvalue weighted by Crippen LogP contribution is 2.17. The van der Waals surface area contributed by atoms with Crippen LogP contribution in [0.2, 0.25) is 0 Å². The first-order valence-electron chi connectivity index (χ1n) is 6.15. The van der Waals surface area contributed by atoms with E-state index in [1.807, 2.05) is 24.3 Å². The van der Waals surface area contributed by atoms with Crippen molar-refractivity contribution in [3.8, 4) is 0 Å². The summed E-state index contributed by atoms with van der Waals surface area (Å²) in [6, 6.07) is 7.36. The summed E-state index contributed by atoms with van der Waals surface area (Å²) < 4.78 is 2.92. The number of anilines is 1. The zero-order chi connectivity index (χ0) is 16.3. The van der Waals surface area contributed by atoms with Crippen LogP contribution in [0.1, 0.15) is 5.56 Å². The van der Waals surface area contributed by atoms with Crippen molar-refractivity contribution in [3.05, 3.63) is 60.1 Å². The van der Waals surface area contributed by atoms with Gasteiger partial charge >= 0.3 is 16.9 Å². The summed E-state index contributed by atoms with van der Waals surface area (Å²) in [5, 5.41) is 12.9. The van der Waals surface area contributed by atoms with E-state index in [1.165, 1.54) is 20.3 Å². The molecule has 0 aliphatic heterocycles. The van der Waals surface area contributed by atoms with E-state index in [9.17, 15) is 9.59 Å². The molecule has 0 saturated carbocycles. The summed E-state index contributed by atoms with van der Waals surface area (Å²) in [7, 11) is 2.74.